The summed E-state index contributed by atoms with van der Waals surface area (Å²) in [5.41, 5.74) is 3.45. The minimum Gasteiger partial charge on any atom is -0.494 e. The first-order valence-corrected chi connectivity index (χ1v) is 12.8. The second-order valence-corrected chi connectivity index (χ2v) is 9.83. The van der Waals surface area contributed by atoms with Crippen LogP contribution in [-0.4, -0.2) is 34.6 Å². The van der Waals surface area contributed by atoms with Gasteiger partial charge in [0.2, 0.25) is 0 Å². The molecule has 0 atom stereocenters. The molecule has 0 saturated carbocycles. The van der Waals surface area contributed by atoms with Crippen LogP contribution in [0.25, 0.3) is 11.1 Å². The maximum absolute atomic E-state index is 13.5. The van der Waals surface area contributed by atoms with Crippen molar-refractivity contribution in [1.82, 2.24) is 0 Å². The number of ether oxygens (including phenoxy) is 2. The van der Waals surface area contributed by atoms with E-state index in [1.807, 2.05) is 43.3 Å². The summed E-state index contributed by atoms with van der Waals surface area (Å²) >= 11 is 0. The lowest BCUT2D eigenvalue weighted by atomic mass is 10.1. The fourth-order valence-corrected chi connectivity index (χ4v) is 5.18. The zero-order chi connectivity index (χ0) is 24.7. The SMILES string of the molecule is CCCOc1ccc(-c2ccc(N(CCC)S(=O)(=O)c3ccc(C)c(C(=O)OC)c3)cc2)cc1. The average molecular weight is 482 g/mol. The van der Waals surface area contributed by atoms with Crippen molar-refractivity contribution in [3.8, 4) is 16.9 Å². The van der Waals surface area contributed by atoms with E-state index >= 15 is 0 Å². The van der Waals surface area contributed by atoms with Crippen LogP contribution in [0.15, 0.2) is 71.6 Å². The lowest BCUT2D eigenvalue weighted by molar-refractivity contribution is 0.0599. The van der Waals surface area contributed by atoms with Gasteiger partial charge in [-0.15, -0.1) is 0 Å². The van der Waals surface area contributed by atoms with Crippen LogP contribution in [0.4, 0.5) is 5.69 Å². The number of anilines is 1. The van der Waals surface area contributed by atoms with Crippen LogP contribution in [0.2, 0.25) is 0 Å². The van der Waals surface area contributed by atoms with E-state index in [0.29, 0.717) is 30.8 Å². The number of esters is 1. The first-order valence-electron chi connectivity index (χ1n) is 11.4. The van der Waals surface area contributed by atoms with Crippen molar-refractivity contribution in [2.24, 2.45) is 0 Å². The van der Waals surface area contributed by atoms with Crippen molar-refractivity contribution in [2.75, 3.05) is 24.6 Å². The number of hydrogen-bond acceptors (Lipinski definition) is 5. The monoisotopic (exact) mass is 481 g/mol. The predicted octanol–water partition coefficient (Wildman–Crippen LogP) is 5.84. The highest BCUT2D eigenvalue weighted by molar-refractivity contribution is 7.92. The summed E-state index contributed by atoms with van der Waals surface area (Å²) in [5.74, 6) is 0.263. The molecular formula is C27H31NO5S. The molecule has 0 aliphatic carbocycles. The Labute approximate surface area is 202 Å². The largest absolute Gasteiger partial charge is 0.494 e. The average Bonchev–Trinajstić information content (AvgIpc) is 2.86. The van der Waals surface area contributed by atoms with E-state index in [2.05, 4.69) is 6.92 Å². The van der Waals surface area contributed by atoms with Crippen molar-refractivity contribution in [1.29, 1.82) is 0 Å². The summed E-state index contributed by atoms with van der Waals surface area (Å²) in [4.78, 5) is 12.1. The third-order valence-corrected chi connectivity index (χ3v) is 7.27. The predicted molar refractivity (Wildman–Crippen MR) is 135 cm³/mol. The van der Waals surface area contributed by atoms with Crippen molar-refractivity contribution in [3.63, 3.8) is 0 Å². The summed E-state index contributed by atoms with van der Waals surface area (Å²) < 4.78 is 38.9. The maximum atomic E-state index is 13.5. The van der Waals surface area contributed by atoms with Gasteiger partial charge in [-0.3, -0.25) is 4.31 Å². The van der Waals surface area contributed by atoms with E-state index in [1.165, 1.54) is 23.5 Å². The minimum absolute atomic E-state index is 0.0543. The number of nitrogens with zero attached hydrogens (tertiary/aromatic N) is 1. The van der Waals surface area contributed by atoms with Crippen LogP contribution in [0.5, 0.6) is 5.75 Å². The van der Waals surface area contributed by atoms with Crippen molar-refractivity contribution < 1.29 is 22.7 Å². The number of aryl methyl sites for hydroxylation is 1. The molecule has 0 spiro atoms. The number of carbonyl (C=O) groups excluding carboxylic acids is 1. The molecule has 34 heavy (non-hydrogen) atoms. The van der Waals surface area contributed by atoms with Gasteiger partial charge in [0.25, 0.3) is 10.0 Å². The molecular weight excluding hydrogens is 450 g/mol. The Morgan fingerprint density at radius 3 is 2.06 bits per heavy atom. The van der Waals surface area contributed by atoms with Crippen LogP contribution in [0.1, 0.15) is 42.6 Å². The molecule has 0 aliphatic heterocycles. The van der Waals surface area contributed by atoms with Gasteiger partial charge in [0.15, 0.2) is 0 Å². The molecule has 0 aliphatic rings. The van der Waals surface area contributed by atoms with Crippen LogP contribution in [-0.2, 0) is 14.8 Å². The van der Waals surface area contributed by atoms with E-state index in [9.17, 15) is 13.2 Å². The van der Waals surface area contributed by atoms with Gasteiger partial charge < -0.3 is 9.47 Å². The summed E-state index contributed by atoms with van der Waals surface area (Å²) in [7, 11) is -2.60. The molecule has 0 amide bonds. The Hall–Kier alpha value is -3.32. The molecule has 0 bridgehead atoms. The molecule has 3 aromatic carbocycles. The van der Waals surface area contributed by atoms with Gasteiger partial charge >= 0.3 is 5.97 Å². The summed E-state index contributed by atoms with van der Waals surface area (Å²) in [6, 6.07) is 19.8. The molecule has 0 saturated heterocycles. The highest BCUT2D eigenvalue weighted by Crippen LogP contribution is 2.29. The van der Waals surface area contributed by atoms with Gasteiger partial charge in [-0.2, -0.15) is 0 Å². The van der Waals surface area contributed by atoms with E-state index < -0.39 is 16.0 Å². The third kappa shape index (κ3) is 5.59. The Bertz CT molecular complexity index is 1220. The quantitative estimate of drug-likeness (QED) is 0.340. The van der Waals surface area contributed by atoms with Gasteiger partial charge in [-0.1, -0.05) is 44.2 Å². The third-order valence-electron chi connectivity index (χ3n) is 5.44. The fourth-order valence-electron chi connectivity index (χ4n) is 3.59. The molecule has 0 radical (unpaired) electrons. The first kappa shape index (κ1) is 25.3. The normalized spacial score (nSPS) is 11.2. The Balaban J connectivity index is 1.91. The van der Waals surface area contributed by atoms with Gasteiger partial charge in [-0.05, 0) is 72.9 Å². The number of hydrogen-bond donors (Lipinski definition) is 0. The first-order chi connectivity index (χ1) is 16.3. The van der Waals surface area contributed by atoms with Crippen molar-refractivity contribution >= 4 is 21.7 Å². The summed E-state index contributed by atoms with van der Waals surface area (Å²) in [6.07, 6.45) is 1.59. The lowest BCUT2D eigenvalue weighted by Crippen LogP contribution is -2.32. The van der Waals surface area contributed by atoms with E-state index in [0.717, 1.165) is 23.3 Å². The Kier molecular flexibility index (Phi) is 8.34. The van der Waals surface area contributed by atoms with Crippen LogP contribution in [0, 0.1) is 6.92 Å². The van der Waals surface area contributed by atoms with E-state index in [1.54, 1.807) is 25.1 Å². The highest BCUT2D eigenvalue weighted by atomic mass is 32.2. The minimum atomic E-state index is -3.88. The fraction of sp³-hybridized carbons (Fsp3) is 0.296. The number of rotatable bonds is 10. The molecule has 6 nitrogen and oxygen atoms in total. The second-order valence-electron chi connectivity index (χ2n) is 7.97. The van der Waals surface area contributed by atoms with Gasteiger partial charge in [0.1, 0.15) is 5.75 Å². The topological polar surface area (TPSA) is 72.9 Å². The molecule has 0 heterocycles. The molecule has 0 aromatic heterocycles. The van der Waals surface area contributed by atoms with Crippen molar-refractivity contribution in [2.45, 2.75) is 38.5 Å². The highest BCUT2D eigenvalue weighted by Gasteiger charge is 2.26. The Morgan fingerprint density at radius 2 is 1.50 bits per heavy atom. The summed E-state index contributed by atoms with van der Waals surface area (Å²) in [6.45, 7) is 6.72. The number of methoxy groups -OCH3 is 1. The number of benzene rings is 3. The van der Waals surface area contributed by atoms with Gasteiger partial charge in [-0.25, -0.2) is 13.2 Å². The van der Waals surface area contributed by atoms with Gasteiger partial charge in [0, 0.05) is 6.54 Å². The van der Waals surface area contributed by atoms with E-state index in [4.69, 9.17) is 9.47 Å². The second kappa shape index (κ2) is 11.2. The standard InChI is InChI=1S/C27H31NO5S/c1-5-17-28(34(30,31)25-16-7-20(3)26(19-25)27(29)32-4)23-12-8-21(9-13-23)22-10-14-24(15-11-22)33-18-6-2/h7-16,19H,5-6,17-18H2,1-4H3. The lowest BCUT2D eigenvalue weighted by Gasteiger charge is -2.24. The van der Waals surface area contributed by atoms with Crippen LogP contribution >= 0.6 is 0 Å². The molecule has 0 N–H and O–H groups in total. The zero-order valence-electron chi connectivity index (χ0n) is 20.1. The molecule has 180 valence electrons. The van der Waals surface area contributed by atoms with Crippen LogP contribution < -0.4 is 9.04 Å². The maximum Gasteiger partial charge on any atom is 0.338 e. The molecule has 3 rings (SSSR count). The molecule has 7 heteroatoms. The molecule has 0 fully saturated rings. The van der Waals surface area contributed by atoms with Gasteiger partial charge in [0.05, 0.1) is 29.9 Å². The van der Waals surface area contributed by atoms with Crippen molar-refractivity contribution in [3.05, 3.63) is 77.9 Å². The summed E-state index contributed by atoms with van der Waals surface area (Å²) in [5, 5.41) is 0. The smallest absolute Gasteiger partial charge is 0.338 e. The van der Waals surface area contributed by atoms with Crippen LogP contribution in [0.3, 0.4) is 0 Å². The number of sulfonamides is 1. The zero-order valence-corrected chi connectivity index (χ0v) is 20.9. The Morgan fingerprint density at radius 1 is 0.882 bits per heavy atom. The number of carbonyl (C=O) groups is 1. The van der Waals surface area contributed by atoms with E-state index in [-0.39, 0.29) is 10.5 Å². The molecule has 0 unspecified atom stereocenters. The molecule has 3 aromatic rings.